The third-order valence-corrected chi connectivity index (χ3v) is 7.99. The van der Waals surface area contributed by atoms with Gasteiger partial charge in [-0.05, 0) is 37.1 Å². The van der Waals surface area contributed by atoms with Gasteiger partial charge in [-0.15, -0.1) is 0 Å². The Bertz CT molecular complexity index is 1190. The Morgan fingerprint density at radius 3 is 2.70 bits per heavy atom. The van der Waals surface area contributed by atoms with Crippen molar-refractivity contribution in [1.29, 1.82) is 0 Å². The first-order chi connectivity index (χ1) is 14.4. The lowest BCUT2D eigenvalue weighted by Crippen LogP contribution is -2.28. The second-order valence-corrected chi connectivity index (χ2v) is 10.1. The van der Waals surface area contributed by atoms with Crippen LogP contribution >= 0.6 is 23.4 Å². The van der Waals surface area contributed by atoms with Gasteiger partial charge in [0.15, 0.2) is 0 Å². The number of carbonyl (C=O) groups excluding carboxylic acids is 1. The van der Waals surface area contributed by atoms with Crippen molar-refractivity contribution in [1.82, 2.24) is 14.3 Å². The number of amides is 1. The molecule has 0 radical (unpaired) electrons. The normalized spacial score (nSPS) is 14.8. The summed E-state index contributed by atoms with van der Waals surface area (Å²) in [6.07, 6.45) is 3.17. The van der Waals surface area contributed by atoms with Crippen LogP contribution in [0.3, 0.4) is 0 Å². The molecule has 2 aromatic carbocycles. The average molecular weight is 463 g/mol. The molecule has 1 N–H and O–H groups in total. The van der Waals surface area contributed by atoms with E-state index in [2.05, 4.69) is 15.3 Å². The molecular formula is C20H19ClN4O3S2. The average Bonchev–Trinajstić information content (AvgIpc) is 3.29. The van der Waals surface area contributed by atoms with E-state index in [9.17, 15) is 13.2 Å². The molecule has 7 nitrogen and oxygen atoms in total. The predicted molar refractivity (Wildman–Crippen MR) is 118 cm³/mol. The van der Waals surface area contributed by atoms with Crippen LogP contribution in [0.2, 0.25) is 5.02 Å². The zero-order valence-corrected chi connectivity index (χ0v) is 18.3. The van der Waals surface area contributed by atoms with Gasteiger partial charge in [0.1, 0.15) is 11.4 Å². The van der Waals surface area contributed by atoms with Gasteiger partial charge in [0, 0.05) is 18.5 Å². The van der Waals surface area contributed by atoms with Gasteiger partial charge in [-0.2, -0.15) is 4.31 Å². The minimum absolute atomic E-state index is 0.0977. The summed E-state index contributed by atoms with van der Waals surface area (Å²) in [5.74, 6) is -0.208. The van der Waals surface area contributed by atoms with Gasteiger partial charge in [-0.1, -0.05) is 41.6 Å². The molecule has 0 aliphatic carbocycles. The lowest BCUT2D eigenvalue weighted by molar-refractivity contribution is -0.113. The van der Waals surface area contributed by atoms with Crippen molar-refractivity contribution in [2.45, 2.75) is 22.8 Å². The zero-order chi connectivity index (χ0) is 21.1. The molecule has 1 aromatic heterocycles. The highest BCUT2D eigenvalue weighted by Crippen LogP contribution is 2.29. The number of hydrogen-bond donors (Lipinski definition) is 1. The fourth-order valence-electron chi connectivity index (χ4n) is 3.25. The molecule has 156 valence electrons. The summed E-state index contributed by atoms with van der Waals surface area (Å²) in [7, 11) is -3.59. The summed E-state index contributed by atoms with van der Waals surface area (Å²) in [4.78, 5) is 21.1. The third kappa shape index (κ3) is 4.44. The lowest BCUT2D eigenvalue weighted by atomic mass is 10.2. The van der Waals surface area contributed by atoms with Crippen LogP contribution in [-0.4, -0.2) is 47.4 Å². The minimum atomic E-state index is -3.59. The van der Waals surface area contributed by atoms with E-state index < -0.39 is 10.0 Å². The summed E-state index contributed by atoms with van der Waals surface area (Å²) in [5, 5.41) is 4.56. The number of hydrogen-bond acceptors (Lipinski definition) is 6. The quantitative estimate of drug-likeness (QED) is 0.442. The molecule has 1 amide bonds. The molecule has 1 aliphatic heterocycles. The van der Waals surface area contributed by atoms with Gasteiger partial charge < -0.3 is 5.32 Å². The second-order valence-electron chi connectivity index (χ2n) is 6.79. The molecule has 0 bridgehead atoms. The van der Waals surface area contributed by atoms with Gasteiger partial charge in [-0.3, -0.25) is 4.79 Å². The number of sulfonamides is 1. The molecule has 30 heavy (non-hydrogen) atoms. The Morgan fingerprint density at radius 1 is 1.13 bits per heavy atom. The fourth-order valence-corrected chi connectivity index (χ4v) is 5.75. The highest BCUT2D eigenvalue weighted by Gasteiger charge is 2.27. The van der Waals surface area contributed by atoms with Crippen LogP contribution in [-0.2, 0) is 14.8 Å². The Hall–Kier alpha value is -2.20. The number of nitrogens with one attached hydrogen (secondary N) is 1. The van der Waals surface area contributed by atoms with Crippen LogP contribution in [0.4, 0.5) is 5.69 Å². The van der Waals surface area contributed by atoms with Crippen LogP contribution in [0.15, 0.2) is 58.7 Å². The molecule has 0 atom stereocenters. The lowest BCUT2D eigenvalue weighted by Gasteiger charge is -2.16. The van der Waals surface area contributed by atoms with Gasteiger partial charge in [0.25, 0.3) is 0 Å². The number of halogens is 1. The van der Waals surface area contributed by atoms with Crippen molar-refractivity contribution < 1.29 is 13.2 Å². The van der Waals surface area contributed by atoms with Crippen molar-refractivity contribution in [3.05, 3.63) is 53.8 Å². The number of para-hydroxylation sites is 1. The summed E-state index contributed by atoms with van der Waals surface area (Å²) in [6.45, 7) is 1.02. The predicted octanol–water partition coefficient (Wildman–Crippen LogP) is 3.80. The largest absolute Gasteiger partial charge is 0.324 e. The van der Waals surface area contributed by atoms with Crippen molar-refractivity contribution in [3.8, 4) is 0 Å². The molecule has 10 heteroatoms. The Balaban J connectivity index is 1.48. The summed E-state index contributed by atoms with van der Waals surface area (Å²) in [5.41, 5.74) is 1.08. The van der Waals surface area contributed by atoms with E-state index in [0.717, 1.165) is 23.7 Å². The monoisotopic (exact) mass is 462 g/mol. The minimum Gasteiger partial charge on any atom is -0.324 e. The second kappa shape index (κ2) is 8.89. The number of rotatable bonds is 6. The van der Waals surface area contributed by atoms with E-state index >= 15 is 0 Å². The van der Waals surface area contributed by atoms with Crippen LogP contribution in [0.1, 0.15) is 12.8 Å². The van der Waals surface area contributed by atoms with Crippen molar-refractivity contribution >= 4 is 55.9 Å². The number of carbonyl (C=O) groups is 1. The molecule has 1 aliphatic rings. The van der Waals surface area contributed by atoms with Crippen LogP contribution in [0, 0.1) is 0 Å². The van der Waals surface area contributed by atoms with Crippen LogP contribution in [0.25, 0.3) is 10.9 Å². The number of thioether (sulfide) groups is 1. The number of benzene rings is 2. The smallest absolute Gasteiger partial charge is 0.243 e. The number of anilines is 1. The van der Waals surface area contributed by atoms with E-state index in [0.29, 0.717) is 18.1 Å². The molecule has 4 rings (SSSR count). The van der Waals surface area contributed by atoms with E-state index in [4.69, 9.17) is 11.6 Å². The van der Waals surface area contributed by atoms with E-state index in [1.54, 1.807) is 0 Å². The standard InChI is InChI=1S/C20H19ClN4O3S2/c21-16-8-7-14(30(27,28)25-9-3-4-10-25)11-18(16)24-19(26)12-29-20-15-5-1-2-6-17(15)22-13-23-20/h1-2,5-8,11,13H,3-4,9-10,12H2,(H,24,26). The molecular weight excluding hydrogens is 444 g/mol. The van der Waals surface area contributed by atoms with Crippen molar-refractivity contribution in [2.75, 3.05) is 24.2 Å². The molecule has 0 spiro atoms. The van der Waals surface area contributed by atoms with E-state index in [-0.39, 0.29) is 27.3 Å². The van der Waals surface area contributed by atoms with Gasteiger partial charge in [-0.25, -0.2) is 18.4 Å². The number of aromatic nitrogens is 2. The van der Waals surface area contributed by atoms with Crippen LogP contribution < -0.4 is 5.32 Å². The maximum Gasteiger partial charge on any atom is 0.243 e. The summed E-state index contributed by atoms with van der Waals surface area (Å²) in [6, 6.07) is 11.9. The highest BCUT2D eigenvalue weighted by atomic mass is 35.5. The molecule has 3 aromatic rings. The number of nitrogens with zero attached hydrogens (tertiary/aromatic N) is 3. The van der Waals surface area contributed by atoms with Gasteiger partial charge in [0.05, 0.1) is 26.9 Å². The Labute approximate surface area is 183 Å². The third-order valence-electron chi connectivity index (χ3n) is 4.76. The zero-order valence-electron chi connectivity index (χ0n) is 15.9. The van der Waals surface area contributed by atoms with E-state index in [1.165, 1.54) is 40.6 Å². The molecule has 1 saturated heterocycles. The number of fused-ring (bicyclic) bond motifs is 1. The van der Waals surface area contributed by atoms with Gasteiger partial charge in [0.2, 0.25) is 15.9 Å². The molecule has 0 unspecified atom stereocenters. The van der Waals surface area contributed by atoms with Crippen molar-refractivity contribution in [2.24, 2.45) is 0 Å². The first-order valence-electron chi connectivity index (χ1n) is 9.37. The van der Waals surface area contributed by atoms with Gasteiger partial charge >= 0.3 is 0 Å². The first kappa shape index (κ1) is 21.0. The maximum atomic E-state index is 12.8. The molecule has 2 heterocycles. The molecule has 1 fully saturated rings. The fraction of sp³-hybridized carbons (Fsp3) is 0.250. The topological polar surface area (TPSA) is 92.3 Å². The first-order valence-corrected chi connectivity index (χ1v) is 12.2. The maximum absolute atomic E-state index is 12.8. The Kier molecular flexibility index (Phi) is 6.24. The SMILES string of the molecule is O=C(CSc1ncnc2ccccc12)Nc1cc(S(=O)(=O)N2CCCC2)ccc1Cl. The Morgan fingerprint density at radius 2 is 1.90 bits per heavy atom. The summed E-state index contributed by atoms with van der Waals surface area (Å²) >= 11 is 7.48. The van der Waals surface area contributed by atoms with E-state index in [1.807, 2.05) is 24.3 Å². The highest BCUT2D eigenvalue weighted by molar-refractivity contribution is 8.00. The van der Waals surface area contributed by atoms with Crippen LogP contribution in [0.5, 0.6) is 0 Å². The molecule has 0 saturated carbocycles. The van der Waals surface area contributed by atoms with Crippen molar-refractivity contribution in [3.63, 3.8) is 0 Å². The summed E-state index contributed by atoms with van der Waals surface area (Å²) < 4.78 is 27.0.